The Labute approximate surface area is 174 Å². The second kappa shape index (κ2) is 7.23. The summed E-state index contributed by atoms with van der Waals surface area (Å²) >= 11 is 0. The van der Waals surface area contributed by atoms with Crippen molar-refractivity contribution < 1.29 is 14.3 Å². The Morgan fingerprint density at radius 1 is 1.20 bits per heavy atom. The minimum Gasteiger partial charge on any atom is -0.467 e. The van der Waals surface area contributed by atoms with Crippen LogP contribution in [0, 0.1) is 5.92 Å². The quantitative estimate of drug-likeness (QED) is 0.743. The molecule has 1 aliphatic heterocycles. The average molecular weight is 404 g/mol. The van der Waals surface area contributed by atoms with Gasteiger partial charge in [0.2, 0.25) is 5.91 Å². The van der Waals surface area contributed by atoms with Gasteiger partial charge in [-0.25, -0.2) is 9.78 Å². The number of anilines is 1. The molecule has 1 atom stereocenters. The van der Waals surface area contributed by atoms with Crippen molar-refractivity contribution in [3.05, 3.63) is 47.6 Å². The van der Waals surface area contributed by atoms with Gasteiger partial charge in [0.25, 0.3) is 0 Å². The fourth-order valence-electron chi connectivity index (χ4n) is 3.83. The molecule has 3 heterocycles. The minimum absolute atomic E-state index is 0.0544. The Kier molecular flexibility index (Phi) is 4.53. The zero-order chi connectivity index (χ0) is 20.8. The molecule has 1 amide bonds. The first-order valence-electron chi connectivity index (χ1n) is 10.4. The number of nitrogens with one attached hydrogen (secondary N) is 2. The zero-order valence-corrected chi connectivity index (χ0v) is 17.1. The van der Waals surface area contributed by atoms with E-state index in [0.29, 0.717) is 11.7 Å². The number of rotatable bonds is 5. The molecule has 0 radical (unpaired) electrons. The fraction of sp³-hybridized carbons (Fsp3) is 0.391. The highest BCUT2D eigenvalue weighted by Gasteiger charge is 2.31. The molecule has 2 saturated carbocycles. The summed E-state index contributed by atoms with van der Waals surface area (Å²) < 4.78 is 4.82. The molecule has 2 aromatic heterocycles. The zero-order valence-electron chi connectivity index (χ0n) is 17.1. The number of carbonyl (C=O) groups is 2. The number of pyridine rings is 2. The fourth-order valence-corrected chi connectivity index (χ4v) is 3.83. The third kappa shape index (κ3) is 3.56. The SMILES string of the molecule is COC(=O)C1C=C(C)C(c2cc3cnc(NC(=O)C4CC4)cc3c(C3CC3)n2)=CN1. The maximum atomic E-state index is 12.1. The first-order valence-corrected chi connectivity index (χ1v) is 10.4. The van der Waals surface area contributed by atoms with Crippen molar-refractivity contribution in [1.82, 2.24) is 15.3 Å². The second-order valence-electron chi connectivity index (χ2n) is 8.30. The molecule has 3 aliphatic rings. The highest BCUT2D eigenvalue weighted by molar-refractivity contribution is 5.96. The van der Waals surface area contributed by atoms with Crippen molar-refractivity contribution in [2.24, 2.45) is 5.92 Å². The molecular weight excluding hydrogens is 380 g/mol. The van der Waals surface area contributed by atoms with Gasteiger partial charge in [-0.2, -0.15) is 0 Å². The van der Waals surface area contributed by atoms with E-state index in [1.165, 1.54) is 7.11 Å². The van der Waals surface area contributed by atoms with Crippen LogP contribution in [0.15, 0.2) is 36.2 Å². The number of hydrogen-bond acceptors (Lipinski definition) is 6. The van der Waals surface area contributed by atoms with E-state index in [1.807, 2.05) is 37.5 Å². The van der Waals surface area contributed by atoms with E-state index in [0.717, 1.165) is 59.0 Å². The lowest BCUT2D eigenvalue weighted by molar-refractivity contribution is -0.141. The van der Waals surface area contributed by atoms with Crippen LogP contribution in [-0.4, -0.2) is 35.0 Å². The summed E-state index contributed by atoms with van der Waals surface area (Å²) in [7, 11) is 1.38. The lowest BCUT2D eigenvalue weighted by atomic mass is 9.97. The van der Waals surface area contributed by atoms with Gasteiger partial charge in [0.05, 0.1) is 18.5 Å². The van der Waals surface area contributed by atoms with Gasteiger partial charge in [-0.1, -0.05) is 0 Å². The normalized spacial score (nSPS) is 20.8. The third-order valence-electron chi connectivity index (χ3n) is 5.89. The van der Waals surface area contributed by atoms with Gasteiger partial charge in [-0.05, 0) is 56.4 Å². The number of dihydropyridines is 1. The number of nitrogens with zero attached hydrogens (tertiary/aromatic N) is 2. The topological polar surface area (TPSA) is 93.2 Å². The molecule has 0 aromatic carbocycles. The van der Waals surface area contributed by atoms with Crippen molar-refractivity contribution in [2.45, 2.75) is 44.6 Å². The van der Waals surface area contributed by atoms with Crippen molar-refractivity contribution in [2.75, 3.05) is 12.4 Å². The Morgan fingerprint density at radius 2 is 2.00 bits per heavy atom. The molecular formula is C23H24N4O3. The maximum Gasteiger partial charge on any atom is 0.332 e. The number of ether oxygens (including phenoxy) is 1. The molecule has 7 nitrogen and oxygen atoms in total. The van der Waals surface area contributed by atoms with Gasteiger partial charge in [-0.3, -0.25) is 9.78 Å². The van der Waals surface area contributed by atoms with Crippen LogP contribution in [0.25, 0.3) is 16.3 Å². The van der Waals surface area contributed by atoms with Gasteiger partial charge in [0.15, 0.2) is 0 Å². The van der Waals surface area contributed by atoms with Crippen LogP contribution in [-0.2, 0) is 14.3 Å². The number of carbonyl (C=O) groups excluding carboxylic acids is 2. The predicted octanol–water partition coefficient (Wildman–Crippen LogP) is 3.29. The van der Waals surface area contributed by atoms with E-state index in [2.05, 4.69) is 15.6 Å². The maximum absolute atomic E-state index is 12.1. The van der Waals surface area contributed by atoms with Crippen LogP contribution < -0.4 is 10.6 Å². The number of amides is 1. The first kappa shape index (κ1) is 18.8. The molecule has 2 fully saturated rings. The van der Waals surface area contributed by atoms with Gasteiger partial charge in [0.1, 0.15) is 11.9 Å². The third-order valence-corrected chi connectivity index (χ3v) is 5.89. The van der Waals surface area contributed by atoms with E-state index in [9.17, 15) is 9.59 Å². The number of esters is 1. The molecule has 2 aliphatic carbocycles. The summed E-state index contributed by atoms with van der Waals surface area (Å²) in [4.78, 5) is 33.4. The summed E-state index contributed by atoms with van der Waals surface area (Å²) in [5.41, 5.74) is 3.82. The Hall–Kier alpha value is -3.22. The van der Waals surface area contributed by atoms with Gasteiger partial charge in [0, 0.05) is 40.6 Å². The minimum atomic E-state index is -0.485. The summed E-state index contributed by atoms with van der Waals surface area (Å²) in [6, 6.07) is 3.48. The molecule has 2 N–H and O–H groups in total. The molecule has 0 saturated heterocycles. The van der Waals surface area contributed by atoms with Crippen molar-refractivity contribution in [3.8, 4) is 0 Å². The average Bonchev–Trinajstić information content (AvgIpc) is 3.64. The lowest BCUT2D eigenvalue weighted by Crippen LogP contribution is -2.35. The molecule has 0 bridgehead atoms. The van der Waals surface area contributed by atoms with Crippen LogP contribution in [0.1, 0.15) is 49.9 Å². The predicted molar refractivity (Wildman–Crippen MR) is 114 cm³/mol. The molecule has 0 spiro atoms. The van der Waals surface area contributed by atoms with Crippen LogP contribution in [0.5, 0.6) is 0 Å². The number of fused-ring (bicyclic) bond motifs is 1. The van der Waals surface area contributed by atoms with Gasteiger partial charge >= 0.3 is 5.97 Å². The smallest absolute Gasteiger partial charge is 0.332 e. The number of hydrogen-bond donors (Lipinski definition) is 2. The number of allylic oxidation sites excluding steroid dienone is 2. The van der Waals surface area contributed by atoms with E-state index >= 15 is 0 Å². The van der Waals surface area contributed by atoms with E-state index in [4.69, 9.17) is 9.72 Å². The summed E-state index contributed by atoms with van der Waals surface area (Å²) in [5, 5.41) is 8.07. The van der Waals surface area contributed by atoms with Crippen LogP contribution >= 0.6 is 0 Å². The largest absolute Gasteiger partial charge is 0.467 e. The van der Waals surface area contributed by atoms with Crippen LogP contribution in [0.3, 0.4) is 0 Å². The van der Waals surface area contributed by atoms with Gasteiger partial charge < -0.3 is 15.4 Å². The summed E-state index contributed by atoms with van der Waals surface area (Å²) in [5.74, 6) is 0.899. The highest BCUT2D eigenvalue weighted by Crippen LogP contribution is 2.43. The van der Waals surface area contributed by atoms with Crippen molar-refractivity contribution in [3.63, 3.8) is 0 Å². The molecule has 1 unspecified atom stereocenters. The van der Waals surface area contributed by atoms with Crippen molar-refractivity contribution >= 4 is 34.0 Å². The highest BCUT2D eigenvalue weighted by atomic mass is 16.5. The van der Waals surface area contributed by atoms with Crippen LogP contribution in [0.4, 0.5) is 5.82 Å². The lowest BCUT2D eigenvalue weighted by Gasteiger charge is -2.21. The van der Waals surface area contributed by atoms with Gasteiger partial charge in [-0.15, -0.1) is 0 Å². The summed E-state index contributed by atoms with van der Waals surface area (Å²) in [6.45, 7) is 1.97. The van der Waals surface area contributed by atoms with E-state index in [1.54, 1.807) is 0 Å². The summed E-state index contributed by atoms with van der Waals surface area (Å²) in [6.07, 6.45) is 9.66. The molecule has 30 heavy (non-hydrogen) atoms. The second-order valence-corrected chi connectivity index (χ2v) is 8.30. The van der Waals surface area contributed by atoms with E-state index < -0.39 is 6.04 Å². The molecule has 5 rings (SSSR count). The number of aromatic nitrogens is 2. The van der Waals surface area contributed by atoms with E-state index in [-0.39, 0.29) is 17.8 Å². The standard InChI is InChI=1S/C23H24N4O3/c1-12-7-19(23(29)30-2)24-11-17(12)18-8-15-10-25-20(27-22(28)14-5-6-14)9-16(15)21(26-18)13-3-4-13/h7-11,13-14,19,24H,3-6H2,1-2H3,(H,25,27,28). The molecule has 7 heteroatoms. The Morgan fingerprint density at radius 3 is 2.67 bits per heavy atom. The van der Waals surface area contributed by atoms with Crippen molar-refractivity contribution in [1.29, 1.82) is 0 Å². The monoisotopic (exact) mass is 404 g/mol. The Bertz CT molecular complexity index is 1110. The molecule has 2 aromatic rings. The Balaban J connectivity index is 1.50. The molecule has 154 valence electrons. The number of methoxy groups -OCH3 is 1. The first-order chi connectivity index (χ1) is 14.5. The van der Waals surface area contributed by atoms with Crippen LogP contribution in [0.2, 0.25) is 0 Å².